The van der Waals surface area contributed by atoms with Crippen molar-refractivity contribution in [1.82, 2.24) is 4.90 Å². The average Bonchev–Trinajstić information content (AvgIpc) is 2.29. The summed E-state index contributed by atoms with van der Waals surface area (Å²) in [5.41, 5.74) is 0. The van der Waals surface area contributed by atoms with Gasteiger partial charge in [0.1, 0.15) is 0 Å². The molecule has 0 saturated heterocycles. The highest BCUT2D eigenvalue weighted by atomic mass is 16.5. The van der Waals surface area contributed by atoms with E-state index < -0.39 is 5.97 Å². The summed E-state index contributed by atoms with van der Waals surface area (Å²) in [6, 6.07) is 0. The van der Waals surface area contributed by atoms with Crippen molar-refractivity contribution >= 4 is 5.97 Å². The van der Waals surface area contributed by atoms with E-state index in [9.17, 15) is 4.79 Å². The molecular formula is C12H25NO4. The van der Waals surface area contributed by atoms with Crippen LogP contribution in [0.4, 0.5) is 0 Å². The van der Waals surface area contributed by atoms with Gasteiger partial charge in [0.25, 0.3) is 0 Å². The number of nitrogens with zero attached hydrogens (tertiary/aromatic N) is 1. The Labute approximate surface area is 104 Å². The van der Waals surface area contributed by atoms with E-state index in [2.05, 4.69) is 0 Å². The van der Waals surface area contributed by atoms with Gasteiger partial charge in [0, 0.05) is 26.3 Å². The van der Waals surface area contributed by atoms with Crippen LogP contribution in [-0.2, 0) is 14.3 Å². The van der Waals surface area contributed by atoms with Gasteiger partial charge in [-0.15, -0.1) is 0 Å². The Hall–Kier alpha value is -0.650. The van der Waals surface area contributed by atoms with E-state index in [1.807, 2.05) is 18.7 Å². The molecule has 0 spiro atoms. The molecule has 0 aromatic heterocycles. The lowest BCUT2D eigenvalue weighted by atomic mass is 10.4. The summed E-state index contributed by atoms with van der Waals surface area (Å²) in [6.07, 6.45) is 1.97. The normalized spacial score (nSPS) is 11.0. The largest absolute Gasteiger partial charge is 0.480 e. The maximum absolute atomic E-state index is 10.7. The van der Waals surface area contributed by atoms with Crippen LogP contribution in [0.1, 0.15) is 26.7 Å². The zero-order valence-electron chi connectivity index (χ0n) is 11.0. The van der Waals surface area contributed by atoms with Gasteiger partial charge >= 0.3 is 5.97 Å². The van der Waals surface area contributed by atoms with E-state index >= 15 is 0 Å². The Morgan fingerprint density at radius 2 is 1.47 bits per heavy atom. The summed E-state index contributed by atoms with van der Waals surface area (Å²) in [6.45, 7) is 8.04. The molecular weight excluding hydrogens is 222 g/mol. The summed E-state index contributed by atoms with van der Waals surface area (Å²) >= 11 is 0. The Kier molecular flexibility index (Phi) is 11.4. The molecule has 0 fully saturated rings. The van der Waals surface area contributed by atoms with Crippen LogP contribution in [0.15, 0.2) is 0 Å². The summed E-state index contributed by atoms with van der Waals surface area (Å²) < 4.78 is 10.7. The molecule has 0 aliphatic heterocycles. The van der Waals surface area contributed by atoms with Gasteiger partial charge in [0.2, 0.25) is 0 Å². The fourth-order valence-corrected chi connectivity index (χ4v) is 1.34. The number of hydrogen-bond donors (Lipinski definition) is 1. The molecule has 5 nitrogen and oxygen atoms in total. The highest BCUT2D eigenvalue weighted by molar-refractivity contribution is 5.69. The molecule has 0 bridgehead atoms. The van der Waals surface area contributed by atoms with Crippen LogP contribution in [-0.4, -0.2) is 62.0 Å². The number of ether oxygens (including phenoxy) is 2. The lowest BCUT2D eigenvalue weighted by Crippen LogP contribution is -2.35. The highest BCUT2D eigenvalue weighted by Gasteiger charge is 2.09. The number of carbonyl (C=O) groups is 1. The molecule has 0 atom stereocenters. The first kappa shape index (κ1) is 16.4. The number of carboxylic acid groups (broad SMARTS) is 1. The maximum Gasteiger partial charge on any atom is 0.317 e. The van der Waals surface area contributed by atoms with Crippen molar-refractivity contribution in [3.63, 3.8) is 0 Å². The van der Waals surface area contributed by atoms with Gasteiger partial charge in [-0.2, -0.15) is 0 Å². The minimum Gasteiger partial charge on any atom is -0.480 e. The van der Waals surface area contributed by atoms with Crippen LogP contribution in [0.5, 0.6) is 0 Å². The van der Waals surface area contributed by atoms with E-state index in [4.69, 9.17) is 14.6 Å². The molecule has 0 aromatic carbocycles. The van der Waals surface area contributed by atoms with Gasteiger partial charge in [-0.05, 0) is 12.8 Å². The lowest BCUT2D eigenvalue weighted by molar-refractivity contribution is -0.138. The molecule has 0 aliphatic rings. The molecule has 0 heterocycles. The van der Waals surface area contributed by atoms with Crippen molar-refractivity contribution < 1.29 is 19.4 Å². The summed E-state index contributed by atoms with van der Waals surface area (Å²) in [7, 11) is 0. The van der Waals surface area contributed by atoms with Gasteiger partial charge in [-0.1, -0.05) is 13.8 Å². The minimum atomic E-state index is -0.809. The molecule has 0 radical (unpaired) electrons. The zero-order chi connectivity index (χ0) is 12.9. The van der Waals surface area contributed by atoms with Crippen molar-refractivity contribution in [3.05, 3.63) is 0 Å². The van der Waals surface area contributed by atoms with Crippen molar-refractivity contribution in [2.45, 2.75) is 26.7 Å². The van der Waals surface area contributed by atoms with E-state index in [-0.39, 0.29) is 6.54 Å². The zero-order valence-corrected chi connectivity index (χ0v) is 11.0. The van der Waals surface area contributed by atoms with Gasteiger partial charge in [0.05, 0.1) is 19.8 Å². The smallest absolute Gasteiger partial charge is 0.317 e. The molecule has 102 valence electrons. The Balaban J connectivity index is 3.68. The van der Waals surface area contributed by atoms with Crippen LogP contribution < -0.4 is 0 Å². The number of rotatable bonds is 12. The van der Waals surface area contributed by atoms with Gasteiger partial charge in [-0.3, -0.25) is 9.69 Å². The fraction of sp³-hybridized carbons (Fsp3) is 0.917. The summed E-state index contributed by atoms with van der Waals surface area (Å²) in [5.74, 6) is -0.809. The first-order valence-electron chi connectivity index (χ1n) is 6.30. The first-order valence-corrected chi connectivity index (χ1v) is 6.30. The topological polar surface area (TPSA) is 59.0 Å². The molecule has 0 rings (SSSR count). The third-order valence-electron chi connectivity index (χ3n) is 2.16. The Morgan fingerprint density at radius 3 is 1.82 bits per heavy atom. The summed E-state index contributed by atoms with van der Waals surface area (Å²) in [5, 5.41) is 8.77. The monoisotopic (exact) mass is 247 g/mol. The minimum absolute atomic E-state index is 0.0466. The van der Waals surface area contributed by atoms with Crippen molar-refractivity contribution in [3.8, 4) is 0 Å². The molecule has 0 amide bonds. The fourth-order valence-electron chi connectivity index (χ4n) is 1.34. The van der Waals surface area contributed by atoms with Crippen molar-refractivity contribution in [1.29, 1.82) is 0 Å². The second-order valence-electron chi connectivity index (χ2n) is 3.89. The molecule has 5 heteroatoms. The van der Waals surface area contributed by atoms with E-state index in [0.29, 0.717) is 26.3 Å². The molecule has 0 saturated carbocycles. The maximum atomic E-state index is 10.7. The van der Waals surface area contributed by atoms with E-state index in [1.165, 1.54) is 0 Å². The van der Waals surface area contributed by atoms with E-state index in [1.54, 1.807) is 0 Å². The molecule has 17 heavy (non-hydrogen) atoms. The van der Waals surface area contributed by atoms with E-state index in [0.717, 1.165) is 26.1 Å². The standard InChI is InChI=1S/C12H25NO4/c1-3-7-16-9-5-13(11-12(14)15)6-10-17-8-4-2/h3-11H2,1-2H3,(H,14,15). The first-order chi connectivity index (χ1) is 8.20. The lowest BCUT2D eigenvalue weighted by Gasteiger charge is -2.19. The Bertz CT molecular complexity index is 175. The molecule has 0 unspecified atom stereocenters. The quantitative estimate of drug-likeness (QED) is 0.526. The second kappa shape index (κ2) is 11.8. The Morgan fingerprint density at radius 1 is 1.00 bits per heavy atom. The predicted octanol–water partition coefficient (Wildman–Crippen LogP) is 1.23. The van der Waals surface area contributed by atoms with Crippen LogP contribution >= 0.6 is 0 Å². The van der Waals surface area contributed by atoms with Gasteiger partial charge < -0.3 is 14.6 Å². The predicted molar refractivity (Wildman–Crippen MR) is 66.3 cm³/mol. The third kappa shape index (κ3) is 11.6. The van der Waals surface area contributed by atoms with Crippen molar-refractivity contribution in [2.75, 3.05) is 46.1 Å². The second-order valence-corrected chi connectivity index (χ2v) is 3.89. The van der Waals surface area contributed by atoms with Crippen LogP contribution in [0, 0.1) is 0 Å². The molecule has 0 aromatic rings. The van der Waals surface area contributed by atoms with Gasteiger partial charge in [0.15, 0.2) is 0 Å². The van der Waals surface area contributed by atoms with Gasteiger partial charge in [-0.25, -0.2) is 0 Å². The molecule has 0 aliphatic carbocycles. The molecule has 1 N–H and O–H groups in total. The number of carboxylic acids is 1. The van der Waals surface area contributed by atoms with Crippen LogP contribution in [0.3, 0.4) is 0 Å². The summed E-state index contributed by atoms with van der Waals surface area (Å²) in [4.78, 5) is 12.5. The third-order valence-corrected chi connectivity index (χ3v) is 2.16. The average molecular weight is 247 g/mol. The highest BCUT2D eigenvalue weighted by Crippen LogP contribution is 1.91. The van der Waals surface area contributed by atoms with Crippen LogP contribution in [0.25, 0.3) is 0 Å². The number of aliphatic carboxylic acids is 1. The number of hydrogen-bond acceptors (Lipinski definition) is 4. The van der Waals surface area contributed by atoms with Crippen molar-refractivity contribution in [2.24, 2.45) is 0 Å². The SMILES string of the molecule is CCCOCCN(CCOCCC)CC(=O)O. The van der Waals surface area contributed by atoms with Crippen LogP contribution in [0.2, 0.25) is 0 Å².